The molecule has 1 rings (SSSR count). The molecule has 12 heavy (non-hydrogen) atoms. The summed E-state index contributed by atoms with van der Waals surface area (Å²) < 4.78 is 0. The van der Waals surface area contributed by atoms with Gasteiger partial charge in [-0.3, -0.25) is 4.90 Å². The lowest BCUT2D eigenvalue weighted by Gasteiger charge is -2.46. The number of aliphatic hydroxyl groups is 1. The average Bonchev–Trinajstić information content (AvgIpc) is 1.97. The van der Waals surface area contributed by atoms with Gasteiger partial charge < -0.3 is 5.11 Å². The fourth-order valence-corrected chi connectivity index (χ4v) is 1.78. The van der Waals surface area contributed by atoms with Crippen molar-refractivity contribution in [1.82, 2.24) is 4.90 Å². The van der Waals surface area contributed by atoms with Crippen LogP contribution in [0, 0.1) is 11.3 Å². The fraction of sp³-hybridized carbons (Fsp3) is 0.889. The summed E-state index contributed by atoms with van der Waals surface area (Å²) in [7, 11) is 0. The highest BCUT2D eigenvalue weighted by molar-refractivity contribution is 4.95. The number of hydrogen-bond donors (Lipinski definition) is 1. The van der Waals surface area contributed by atoms with E-state index in [-0.39, 0.29) is 0 Å². The van der Waals surface area contributed by atoms with Gasteiger partial charge in [-0.25, -0.2) is 0 Å². The second-order valence-electron chi connectivity index (χ2n) is 3.59. The highest BCUT2D eigenvalue weighted by Gasteiger charge is 2.39. The van der Waals surface area contributed by atoms with Crippen LogP contribution in [0.1, 0.15) is 26.2 Å². The summed E-state index contributed by atoms with van der Waals surface area (Å²) in [5.74, 6) is 0. The minimum absolute atomic E-state index is 0.440. The van der Waals surface area contributed by atoms with E-state index in [1.54, 1.807) is 0 Å². The van der Waals surface area contributed by atoms with Crippen LogP contribution < -0.4 is 0 Å². The van der Waals surface area contributed by atoms with Crippen molar-refractivity contribution in [2.24, 2.45) is 0 Å². The molecule has 1 fully saturated rings. The first-order chi connectivity index (χ1) is 5.70. The Morgan fingerprint density at radius 1 is 1.58 bits per heavy atom. The first-order valence-electron chi connectivity index (χ1n) is 4.52. The molecule has 0 aromatic heterocycles. The molecule has 0 bridgehead atoms. The molecule has 0 amide bonds. The molecule has 1 aliphatic rings. The zero-order valence-electron chi connectivity index (χ0n) is 7.58. The molecule has 0 aromatic rings. The Balaban J connectivity index is 2.14. The summed E-state index contributed by atoms with van der Waals surface area (Å²) in [5.41, 5.74) is -0.440. The van der Waals surface area contributed by atoms with E-state index in [0.717, 1.165) is 32.5 Å². The number of nitrogens with zero attached hydrogens (tertiary/aromatic N) is 2. The zero-order chi connectivity index (χ0) is 9.03. The van der Waals surface area contributed by atoms with Crippen LogP contribution in [0.25, 0.3) is 0 Å². The highest BCUT2D eigenvalue weighted by Crippen LogP contribution is 2.25. The van der Waals surface area contributed by atoms with Gasteiger partial charge in [0, 0.05) is 26.1 Å². The van der Waals surface area contributed by atoms with Crippen molar-refractivity contribution in [1.29, 1.82) is 5.26 Å². The minimum atomic E-state index is -0.440. The normalized spacial score (nSPS) is 21.4. The number of rotatable bonds is 4. The Hall–Kier alpha value is -0.590. The molecule has 0 aliphatic carbocycles. The molecule has 1 N–H and O–H groups in total. The molecule has 0 atom stereocenters. The number of β-amino-alcohol motifs (C(OH)–C–C–N with tert-alkyl or cyclic N) is 1. The topological polar surface area (TPSA) is 47.3 Å². The van der Waals surface area contributed by atoms with Gasteiger partial charge >= 0.3 is 0 Å². The van der Waals surface area contributed by atoms with E-state index >= 15 is 0 Å². The largest absolute Gasteiger partial charge is 0.387 e. The third kappa shape index (κ3) is 2.20. The quantitative estimate of drug-likeness (QED) is 0.673. The molecule has 1 heterocycles. The first-order valence-corrected chi connectivity index (χ1v) is 4.52. The number of nitriles is 1. The third-order valence-corrected chi connectivity index (χ3v) is 2.29. The van der Waals surface area contributed by atoms with Gasteiger partial charge in [-0.2, -0.15) is 5.26 Å². The maximum Gasteiger partial charge on any atom is 0.0900 e. The Morgan fingerprint density at radius 3 is 2.75 bits per heavy atom. The highest BCUT2D eigenvalue weighted by atomic mass is 16.3. The third-order valence-electron chi connectivity index (χ3n) is 2.29. The fourth-order valence-electron chi connectivity index (χ4n) is 1.78. The van der Waals surface area contributed by atoms with Crippen LogP contribution in [-0.2, 0) is 0 Å². The summed E-state index contributed by atoms with van der Waals surface area (Å²) in [6, 6.07) is 2.10. The summed E-state index contributed by atoms with van der Waals surface area (Å²) in [4.78, 5) is 2.12. The van der Waals surface area contributed by atoms with Gasteiger partial charge in [0.1, 0.15) is 0 Å². The molecule has 0 saturated carbocycles. The Morgan fingerprint density at radius 2 is 2.25 bits per heavy atom. The SMILES string of the molecule is CCCC1(O)CN(CCC#N)C1. The molecule has 0 unspecified atom stereocenters. The predicted molar refractivity (Wildman–Crippen MR) is 46.5 cm³/mol. The summed E-state index contributed by atoms with van der Waals surface area (Å²) >= 11 is 0. The van der Waals surface area contributed by atoms with E-state index in [0.29, 0.717) is 6.42 Å². The maximum absolute atomic E-state index is 9.76. The van der Waals surface area contributed by atoms with Crippen molar-refractivity contribution in [3.8, 4) is 6.07 Å². The van der Waals surface area contributed by atoms with E-state index in [4.69, 9.17) is 5.26 Å². The van der Waals surface area contributed by atoms with Crippen LogP contribution in [0.3, 0.4) is 0 Å². The minimum Gasteiger partial charge on any atom is -0.387 e. The van der Waals surface area contributed by atoms with Crippen LogP contribution in [0.15, 0.2) is 0 Å². The predicted octanol–water partition coefficient (Wildman–Crippen LogP) is 0.747. The molecule has 3 heteroatoms. The van der Waals surface area contributed by atoms with Crippen LogP contribution >= 0.6 is 0 Å². The lowest BCUT2D eigenvalue weighted by atomic mass is 9.89. The summed E-state index contributed by atoms with van der Waals surface area (Å²) in [6.45, 7) is 4.39. The molecule has 1 aliphatic heterocycles. The smallest absolute Gasteiger partial charge is 0.0900 e. The van der Waals surface area contributed by atoms with E-state index < -0.39 is 5.60 Å². The average molecular weight is 168 g/mol. The standard InChI is InChI=1S/C9H16N2O/c1-2-4-9(12)7-11(8-9)6-3-5-10/h12H,2-4,6-8H2,1H3. The van der Waals surface area contributed by atoms with Crippen LogP contribution in [0.5, 0.6) is 0 Å². The Kier molecular flexibility index (Phi) is 3.07. The van der Waals surface area contributed by atoms with Crippen LogP contribution in [-0.4, -0.2) is 35.2 Å². The number of likely N-dealkylation sites (tertiary alicyclic amines) is 1. The van der Waals surface area contributed by atoms with E-state index in [2.05, 4.69) is 17.9 Å². The van der Waals surface area contributed by atoms with Gasteiger partial charge in [-0.15, -0.1) is 0 Å². The van der Waals surface area contributed by atoms with Gasteiger partial charge in [-0.05, 0) is 6.42 Å². The molecule has 0 aromatic carbocycles. The Bertz CT molecular complexity index is 179. The van der Waals surface area contributed by atoms with Crippen molar-refractivity contribution in [2.45, 2.75) is 31.8 Å². The molecule has 68 valence electrons. The second-order valence-corrected chi connectivity index (χ2v) is 3.59. The lowest BCUT2D eigenvalue weighted by molar-refractivity contribution is -0.102. The first kappa shape index (κ1) is 9.50. The molecule has 3 nitrogen and oxygen atoms in total. The molecule has 0 radical (unpaired) electrons. The van der Waals surface area contributed by atoms with Crippen LogP contribution in [0.4, 0.5) is 0 Å². The van der Waals surface area contributed by atoms with E-state index in [9.17, 15) is 5.11 Å². The zero-order valence-corrected chi connectivity index (χ0v) is 7.58. The van der Waals surface area contributed by atoms with Gasteiger partial charge in [0.15, 0.2) is 0 Å². The van der Waals surface area contributed by atoms with Crippen molar-refractivity contribution in [2.75, 3.05) is 19.6 Å². The molecular formula is C9H16N2O. The van der Waals surface area contributed by atoms with Gasteiger partial charge in [0.05, 0.1) is 11.7 Å². The molecule has 0 spiro atoms. The van der Waals surface area contributed by atoms with Crippen molar-refractivity contribution < 1.29 is 5.11 Å². The van der Waals surface area contributed by atoms with Gasteiger partial charge in [0.2, 0.25) is 0 Å². The Labute approximate surface area is 73.6 Å². The maximum atomic E-state index is 9.76. The lowest BCUT2D eigenvalue weighted by Crippen LogP contribution is -2.61. The van der Waals surface area contributed by atoms with Crippen molar-refractivity contribution >= 4 is 0 Å². The number of hydrogen-bond acceptors (Lipinski definition) is 3. The summed E-state index contributed by atoms with van der Waals surface area (Å²) in [5, 5.41) is 18.1. The van der Waals surface area contributed by atoms with E-state index in [1.165, 1.54) is 0 Å². The van der Waals surface area contributed by atoms with Crippen molar-refractivity contribution in [3.63, 3.8) is 0 Å². The van der Waals surface area contributed by atoms with Gasteiger partial charge in [-0.1, -0.05) is 13.3 Å². The molecular weight excluding hydrogens is 152 g/mol. The van der Waals surface area contributed by atoms with Gasteiger partial charge in [0.25, 0.3) is 0 Å². The monoisotopic (exact) mass is 168 g/mol. The molecule has 1 saturated heterocycles. The second kappa shape index (κ2) is 3.88. The van der Waals surface area contributed by atoms with Crippen molar-refractivity contribution in [3.05, 3.63) is 0 Å². The van der Waals surface area contributed by atoms with E-state index in [1.807, 2.05) is 0 Å². The summed E-state index contributed by atoms with van der Waals surface area (Å²) in [6.07, 6.45) is 2.49. The van der Waals surface area contributed by atoms with Crippen LogP contribution in [0.2, 0.25) is 0 Å².